The summed E-state index contributed by atoms with van der Waals surface area (Å²) >= 11 is 7.35. The number of nitrogens with zero attached hydrogens (tertiary/aromatic N) is 3. The highest BCUT2D eigenvalue weighted by molar-refractivity contribution is 7.99. The molecule has 0 radical (unpaired) electrons. The van der Waals surface area contributed by atoms with Crippen molar-refractivity contribution >= 4 is 40.2 Å². The van der Waals surface area contributed by atoms with Gasteiger partial charge in [-0.1, -0.05) is 60.1 Å². The van der Waals surface area contributed by atoms with Gasteiger partial charge in [-0.3, -0.25) is 14.2 Å². The third-order valence-corrected chi connectivity index (χ3v) is 5.82. The van der Waals surface area contributed by atoms with E-state index in [0.29, 0.717) is 34.2 Å². The first-order valence-electron chi connectivity index (χ1n) is 9.51. The summed E-state index contributed by atoms with van der Waals surface area (Å²) in [4.78, 5) is 31.8. The lowest BCUT2D eigenvalue weighted by Crippen LogP contribution is -2.29. The summed E-state index contributed by atoms with van der Waals surface area (Å²) in [6.07, 6.45) is 0.801. The van der Waals surface area contributed by atoms with E-state index in [-0.39, 0.29) is 17.2 Å². The maximum Gasteiger partial charge on any atom is 0.262 e. The second kappa shape index (κ2) is 9.46. The fourth-order valence-corrected chi connectivity index (χ4v) is 4.13. The number of halogens is 1. The number of amides is 1. The third-order valence-electron chi connectivity index (χ3n) is 4.62. The minimum atomic E-state index is -0.100. The van der Waals surface area contributed by atoms with Crippen molar-refractivity contribution in [3.63, 3.8) is 0 Å². The number of carbonyl (C=O) groups is 1. The quantitative estimate of drug-likeness (QED) is 0.409. The van der Waals surface area contributed by atoms with Crippen molar-refractivity contribution < 1.29 is 4.79 Å². The standard InChI is InChI=1S/C22H24ClN3O2S/c1-4-11-26-21(28)18-10-9-17(23)12-19(18)24-22(26)29-14-20(27)25(3)13-16-7-5-15(2)6-8-16/h5-10,12H,4,11,13-14H2,1-3H3. The van der Waals surface area contributed by atoms with Crippen LogP contribution < -0.4 is 5.56 Å². The molecule has 0 aliphatic rings. The molecule has 1 aromatic heterocycles. The first-order valence-corrected chi connectivity index (χ1v) is 10.9. The minimum absolute atomic E-state index is 0.0148. The van der Waals surface area contributed by atoms with Crippen LogP contribution in [0, 0.1) is 6.92 Å². The van der Waals surface area contributed by atoms with Crippen molar-refractivity contribution in [2.24, 2.45) is 0 Å². The summed E-state index contributed by atoms with van der Waals surface area (Å²) in [5.41, 5.74) is 2.72. The van der Waals surface area contributed by atoms with Crippen molar-refractivity contribution in [3.8, 4) is 0 Å². The molecule has 152 valence electrons. The van der Waals surface area contributed by atoms with Gasteiger partial charge in [-0.2, -0.15) is 0 Å². The zero-order valence-corrected chi connectivity index (χ0v) is 18.4. The van der Waals surface area contributed by atoms with Gasteiger partial charge in [0.15, 0.2) is 5.16 Å². The molecular formula is C22H24ClN3O2S. The largest absolute Gasteiger partial charge is 0.341 e. The van der Waals surface area contributed by atoms with Gasteiger partial charge < -0.3 is 4.90 Å². The van der Waals surface area contributed by atoms with Gasteiger partial charge in [-0.25, -0.2) is 4.98 Å². The number of carbonyl (C=O) groups excluding carboxylic acids is 1. The molecule has 0 aliphatic carbocycles. The van der Waals surface area contributed by atoms with E-state index in [1.807, 2.05) is 38.1 Å². The molecular weight excluding hydrogens is 406 g/mol. The smallest absolute Gasteiger partial charge is 0.262 e. The molecule has 0 fully saturated rings. The summed E-state index contributed by atoms with van der Waals surface area (Å²) in [6, 6.07) is 13.2. The summed E-state index contributed by atoms with van der Waals surface area (Å²) in [5.74, 6) is 0.198. The molecule has 0 unspecified atom stereocenters. The van der Waals surface area contributed by atoms with E-state index in [0.717, 1.165) is 12.0 Å². The van der Waals surface area contributed by atoms with E-state index < -0.39 is 0 Å². The van der Waals surface area contributed by atoms with Gasteiger partial charge in [-0.15, -0.1) is 0 Å². The normalized spacial score (nSPS) is 11.0. The molecule has 3 rings (SSSR count). The van der Waals surface area contributed by atoms with Crippen LogP contribution in [-0.2, 0) is 17.9 Å². The molecule has 29 heavy (non-hydrogen) atoms. The lowest BCUT2D eigenvalue weighted by molar-refractivity contribution is -0.127. The van der Waals surface area contributed by atoms with Crippen LogP contribution in [0.15, 0.2) is 52.4 Å². The molecule has 1 heterocycles. The molecule has 0 spiro atoms. The van der Waals surface area contributed by atoms with Crippen LogP contribution in [0.3, 0.4) is 0 Å². The number of aromatic nitrogens is 2. The molecule has 2 aromatic carbocycles. The average molecular weight is 430 g/mol. The third kappa shape index (κ3) is 5.19. The number of thioether (sulfide) groups is 1. The number of fused-ring (bicyclic) bond motifs is 1. The van der Waals surface area contributed by atoms with Gasteiger partial charge in [0.25, 0.3) is 5.56 Å². The Balaban J connectivity index is 1.77. The van der Waals surface area contributed by atoms with Crippen molar-refractivity contribution in [2.75, 3.05) is 12.8 Å². The zero-order valence-electron chi connectivity index (χ0n) is 16.8. The molecule has 0 saturated heterocycles. The highest BCUT2D eigenvalue weighted by atomic mass is 35.5. The summed E-state index contributed by atoms with van der Waals surface area (Å²) in [7, 11) is 1.79. The highest BCUT2D eigenvalue weighted by Gasteiger charge is 2.15. The predicted molar refractivity (Wildman–Crippen MR) is 120 cm³/mol. The van der Waals surface area contributed by atoms with Crippen LogP contribution in [0.5, 0.6) is 0 Å². The molecule has 0 bridgehead atoms. The molecule has 3 aromatic rings. The van der Waals surface area contributed by atoms with E-state index in [1.165, 1.54) is 17.3 Å². The van der Waals surface area contributed by atoms with Crippen LogP contribution in [0.4, 0.5) is 0 Å². The number of aryl methyl sites for hydroxylation is 1. The fraction of sp³-hybridized carbons (Fsp3) is 0.318. The van der Waals surface area contributed by atoms with Crippen molar-refractivity contribution in [3.05, 3.63) is 69.0 Å². The fourth-order valence-electron chi connectivity index (χ4n) is 3.00. The Labute approximate surface area is 179 Å². The topological polar surface area (TPSA) is 55.2 Å². The Bertz CT molecular complexity index is 1080. The van der Waals surface area contributed by atoms with Crippen LogP contribution in [0.2, 0.25) is 5.02 Å². The Morgan fingerprint density at radius 3 is 2.62 bits per heavy atom. The van der Waals surface area contributed by atoms with Crippen molar-refractivity contribution in [2.45, 2.75) is 38.5 Å². The molecule has 1 amide bonds. The van der Waals surface area contributed by atoms with E-state index in [4.69, 9.17) is 11.6 Å². The van der Waals surface area contributed by atoms with E-state index in [9.17, 15) is 9.59 Å². The summed E-state index contributed by atoms with van der Waals surface area (Å²) in [6.45, 7) is 5.14. The lowest BCUT2D eigenvalue weighted by Gasteiger charge is -2.18. The predicted octanol–water partition coefficient (Wildman–Crippen LogP) is 4.52. The second-order valence-electron chi connectivity index (χ2n) is 7.04. The van der Waals surface area contributed by atoms with Gasteiger partial charge in [-0.05, 0) is 37.1 Å². The molecule has 0 saturated carbocycles. The molecule has 0 aliphatic heterocycles. The monoisotopic (exact) mass is 429 g/mol. The highest BCUT2D eigenvalue weighted by Crippen LogP contribution is 2.21. The first kappa shape index (κ1) is 21.4. The Kier molecular flexibility index (Phi) is 6.98. The SMILES string of the molecule is CCCn1c(SCC(=O)N(C)Cc2ccc(C)cc2)nc2cc(Cl)ccc2c1=O. The number of hydrogen-bond donors (Lipinski definition) is 0. The van der Waals surface area contributed by atoms with Crippen LogP contribution in [0.25, 0.3) is 10.9 Å². The Morgan fingerprint density at radius 1 is 1.21 bits per heavy atom. The second-order valence-corrected chi connectivity index (χ2v) is 8.42. The average Bonchev–Trinajstić information content (AvgIpc) is 2.70. The van der Waals surface area contributed by atoms with Crippen LogP contribution in [0.1, 0.15) is 24.5 Å². The molecule has 0 N–H and O–H groups in total. The van der Waals surface area contributed by atoms with Gasteiger partial charge in [0.1, 0.15) is 0 Å². The van der Waals surface area contributed by atoms with Gasteiger partial charge in [0.2, 0.25) is 5.91 Å². The maximum absolute atomic E-state index is 12.9. The van der Waals surface area contributed by atoms with Gasteiger partial charge >= 0.3 is 0 Å². The maximum atomic E-state index is 12.9. The minimum Gasteiger partial charge on any atom is -0.341 e. The Hall–Kier alpha value is -2.31. The number of rotatable bonds is 7. The molecule has 5 nitrogen and oxygen atoms in total. The lowest BCUT2D eigenvalue weighted by atomic mass is 10.1. The summed E-state index contributed by atoms with van der Waals surface area (Å²) < 4.78 is 1.65. The van der Waals surface area contributed by atoms with Crippen molar-refractivity contribution in [1.29, 1.82) is 0 Å². The van der Waals surface area contributed by atoms with E-state index >= 15 is 0 Å². The number of hydrogen-bond acceptors (Lipinski definition) is 4. The van der Waals surface area contributed by atoms with Gasteiger partial charge in [0, 0.05) is 25.2 Å². The van der Waals surface area contributed by atoms with E-state index in [2.05, 4.69) is 4.98 Å². The van der Waals surface area contributed by atoms with Gasteiger partial charge in [0.05, 0.1) is 16.7 Å². The number of benzene rings is 2. The Morgan fingerprint density at radius 2 is 1.93 bits per heavy atom. The first-order chi connectivity index (χ1) is 13.9. The molecule has 0 atom stereocenters. The van der Waals surface area contributed by atoms with Crippen LogP contribution >= 0.6 is 23.4 Å². The zero-order chi connectivity index (χ0) is 21.0. The molecule has 7 heteroatoms. The van der Waals surface area contributed by atoms with Crippen LogP contribution in [-0.4, -0.2) is 33.2 Å². The van der Waals surface area contributed by atoms with Crippen molar-refractivity contribution in [1.82, 2.24) is 14.5 Å². The van der Waals surface area contributed by atoms with E-state index in [1.54, 1.807) is 34.7 Å². The summed E-state index contributed by atoms with van der Waals surface area (Å²) in [5, 5.41) is 1.61.